The van der Waals surface area contributed by atoms with Crippen molar-refractivity contribution < 1.29 is 15.0 Å². The minimum Gasteiger partial charge on any atom is -0.507 e. The summed E-state index contributed by atoms with van der Waals surface area (Å²) < 4.78 is 0. The van der Waals surface area contributed by atoms with Crippen LogP contribution in [0.15, 0.2) is 18.2 Å². The summed E-state index contributed by atoms with van der Waals surface area (Å²) in [6.45, 7) is 4.61. The van der Waals surface area contributed by atoms with Crippen molar-refractivity contribution in [2.45, 2.75) is 33.1 Å². The van der Waals surface area contributed by atoms with E-state index in [0.29, 0.717) is 24.9 Å². The zero-order chi connectivity index (χ0) is 14.3. The van der Waals surface area contributed by atoms with Crippen molar-refractivity contribution in [3.05, 3.63) is 29.3 Å². The number of aryl methyl sites for hydroxylation is 1. The van der Waals surface area contributed by atoms with Gasteiger partial charge in [0.05, 0.1) is 5.56 Å². The fourth-order valence-corrected chi connectivity index (χ4v) is 2.03. The van der Waals surface area contributed by atoms with Gasteiger partial charge in [0.1, 0.15) is 5.75 Å². The van der Waals surface area contributed by atoms with Crippen molar-refractivity contribution in [3.8, 4) is 5.75 Å². The number of aliphatic hydroxyl groups excluding tert-OH is 1. The number of carbonyl (C=O) groups is 1. The average Bonchev–Trinajstić information content (AvgIpc) is 2.43. The number of nitrogens with one attached hydrogen (secondary N) is 1. The number of hydrogen-bond donors (Lipinski definition) is 3. The van der Waals surface area contributed by atoms with Gasteiger partial charge < -0.3 is 15.5 Å². The summed E-state index contributed by atoms with van der Waals surface area (Å²) in [5.41, 5.74) is 1.09. The van der Waals surface area contributed by atoms with Gasteiger partial charge in [0.2, 0.25) is 0 Å². The summed E-state index contributed by atoms with van der Waals surface area (Å²) in [6.07, 6.45) is 2.27. The molecular formula is C15H23NO3. The number of benzene rings is 1. The second kappa shape index (κ2) is 7.79. The molecule has 106 valence electrons. The van der Waals surface area contributed by atoms with Crippen LogP contribution in [0, 0.1) is 5.92 Å². The number of hydrogen-bond acceptors (Lipinski definition) is 3. The van der Waals surface area contributed by atoms with Crippen LogP contribution in [0.2, 0.25) is 0 Å². The van der Waals surface area contributed by atoms with E-state index in [1.165, 1.54) is 0 Å². The van der Waals surface area contributed by atoms with Crippen molar-refractivity contribution in [2.24, 2.45) is 5.92 Å². The Kier molecular flexibility index (Phi) is 6.36. The van der Waals surface area contributed by atoms with Gasteiger partial charge in [-0.1, -0.05) is 32.4 Å². The summed E-state index contributed by atoms with van der Waals surface area (Å²) in [5.74, 6) is 0.0762. The Morgan fingerprint density at radius 2 is 2.11 bits per heavy atom. The number of aliphatic hydroxyl groups is 1. The third-order valence-electron chi connectivity index (χ3n) is 3.41. The first-order valence-electron chi connectivity index (χ1n) is 6.83. The molecule has 1 amide bonds. The molecular weight excluding hydrogens is 242 g/mol. The van der Waals surface area contributed by atoms with E-state index < -0.39 is 0 Å². The summed E-state index contributed by atoms with van der Waals surface area (Å²) in [7, 11) is 0. The monoisotopic (exact) mass is 265 g/mol. The van der Waals surface area contributed by atoms with E-state index in [4.69, 9.17) is 5.11 Å². The highest BCUT2D eigenvalue weighted by Gasteiger charge is 2.14. The predicted molar refractivity (Wildman–Crippen MR) is 75.3 cm³/mol. The van der Waals surface area contributed by atoms with Crippen LogP contribution in [0.25, 0.3) is 0 Å². The first kappa shape index (κ1) is 15.5. The lowest BCUT2D eigenvalue weighted by Crippen LogP contribution is -2.29. The summed E-state index contributed by atoms with van der Waals surface area (Å²) >= 11 is 0. The van der Waals surface area contributed by atoms with Crippen LogP contribution in [0.1, 0.15) is 42.6 Å². The second-order valence-electron chi connectivity index (χ2n) is 4.66. The van der Waals surface area contributed by atoms with Crippen LogP contribution in [0.5, 0.6) is 5.75 Å². The highest BCUT2D eigenvalue weighted by Crippen LogP contribution is 2.22. The van der Waals surface area contributed by atoms with Gasteiger partial charge in [0.25, 0.3) is 5.91 Å². The molecule has 0 aromatic heterocycles. The van der Waals surface area contributed by atoms with Crippen LogP contribution >= 0.6 is 0 Å². The Labute approximate surface area is 114 Å². The Bertz CT molecular complexity index is 418. The molecule has 1 atom stereocenters. The molecule has 0 fully saturated rings. The largest absolute Gasteiger partial charge is 0.507 e. The molecule has 0 aliphatic carbocycles. The van der Waals surface area contributed by atoms with Crippen LogP contribution in [0.3, 0.4) is 0 Å². The van der Waals surface area contributed by atoms with E-state index in [1.807, 2.05) is 19.9 Å². The SMILES string of the molecule is CCc1cccc(C(=O)NCC(CC)CCO)c1O. The third kappa shape index (κ3) is 4.24. The second-order valence-corrected chi connectivity index (χ2v) is 4.66. The molecule has 1 aromatic carbocycles. The van der Waals surface area contributed by atoms with Gasteiger partial charge in [-0.3, -0.25) is 4.79 Å². The molecule has 0 radical (unpaired) electrons. The molecule has 3 N–H and O–H groups in total. The summed E-state index contributed by atoms with van der Waals surface area (Å²) in [6, 6.07) is 5.21. The van der Waals surface area contributed by atoms with Crippen molar-refractivity contribution in [3.63, 3.8) is 0 Å². The topological polar surface area (TPSA) is 69.6 Å². The first-order valence-corrected chi connectivity index (χ1v) is 6.83. The molecule has 0 heterocycles. The maximum Gasteiger partial charge on any atom is 0.255 e. The molecule has 4 heteroatoms. The Hall–Kier alpha value is -1.55. The van der Waals surface area contributed by atoms with Gasteiger partial charge in [-0.2, -0.15) is 0 Å². The molecule has 0 saturated heterocycles. The number of phenolic OH excluding ortho intramolecular Hbond substituents is 1. The quantitative estimate of drug-likeness (QED) is 0.707. The summed E-state index contributed by atoms with van der Waals surface area (Å²) in [5, 5.41) is 21.7. The van der Waals surface area contributed by atoms with E-state index in [9.17, 15) is 9.90 Å². The van der Waals surface area contributed by atoms with Gasteiger partial charge in [0.15, 0.2) is 0 Å². The van der Waals surface area contributed by atoms with E-state index in [1.54, 1.807) is 12.1 Å². The number of rotatable bonds is 7. The molecule has 0 saturated carbocycles. The molecule has 1 unspecified atom stereocenters. The minimum absolute atomic E-state index is 0.0673. The molecule has 0 spiro atoms. The zero-order valence-corrected chi connectivity index (χ0v) is 11.6. The van der Waals surface area contributed by atoms with Crippen molar-refractivity contribution >= 4 is 5.91 Å². The normalized spacial score (nSPS) is 12.2. The molecule has 0 aliphatic heterocycles. The fraction of sp³-hybridized carbons (Fsp3) is 0.533. The lowest BCUT2D eigenvalue weighted by molar-refractivity contribution is 0.0940. The highest BCUT2D eigenvalue weighted by atomic mass is 16.3. The maximum absolute atomic E-state index is 12.0. The van der Waals surface area contributed by atoms with Crippen molar-refractivity contribution in [1.29, 1.82) is 0 Å². The Morgan fingerprint density at radius 3 is 2.68 bits per heavy atom. The van der Waals surface area contributed by atoms with Crippen LogP contribution < -0.4 is 5.32 Å². The van der Waals surface area contributed by atoms with Crippen LogP contribution in [0.4, 0.5) is 0 Å². The summed E-state index contributed by atoms with van der Waals surface area (Å²) in [4.78, 5) is 12.0. The predicted octanol–water partition coefficient (Wildman–Crippen LogP) is 2.09. The van der Waals surface area contributed by atoms with Gasteiger partial charge in [-0.05, 0) is 30.4 Å². The standard InChI is InChI=1S/C15H23NO3/c1-3-11(8-9-17)10-16-15(19)13-7-5-6-12(4-2)14(13)18/h5-7,11,17-18H,3-4,8-10H2,1-2H3,(H,16,19). The van der Waals surface area contributed by atoms with E-state index >= 15 is 0 Å². The minimum atomic E-state index is -0.260. The lowest BCUT2D eigenvalue weighted by Gasteiger charge is -2.15. The van der Waals surface area contributed by atoms with Gasteiger partial charge in [0, 0.05) is 13.2 Å². The van der Waals surface area contributed by atoms with Gasteiger partial charge in [-0.25, -0.2) is 0 Å². The van der Waals surface area contributed by atoms with Crippen LogP contribution in [-0.4, -0.2) is 29.3 Å². The first-order chi connectivity index (χ1) is 9.13. The zero-order valence-electron chi connectivity index (χ0n) is 11.6. The van der Waals surface area contributed by atoms with Crippen molar-refractivity contribution in [2.75, 3.05) is 13.2 Å². The molecule has 19 heavy (non-hydrogen) atoms. The van der Waals surface area contributed by atoms with E-state index in [2.05, 4.69) is 5.32 Å². The fourth-order valence-electron chi connectivity index (χ4n) is 2.03. The molecule has 1 rings (SSSR count). The molecule has 0 bridgehead atoms. The smallest absolute Gasteiger partial charge is 0.255 e. The number of amides is 1. The molecule has 4 nitrogen and oxygen atoms in total. The number of para-hydroxylation sites is 1. The highest BCUT2D eigenvalue weighted by molar-refractivity contribution is 5.97. The molecule has 0 aliphatic rings. The average molecular weight is 265 g/mol. The number of aromatic hydroxyl groups is 1. The van der Waals surface area contributed by atoms with Crippen LogP contribution in [-0.2, 0) is 6.42 Å². The Morgan fingerprint density at radius 1 is 1.37 bits per heavy atom. The lowest BCUT2D eigenvalue weighted by atomic mass is 10.0. The number of phenols is 1. The Balaban J connectivity index is 2.68. The van der Waals surface area contributed by atoms with Gasteiger partial charge in [-0.15, -0.1) is 0 Å². The van der Waals surface area contributed by atoms with Crippen molar-refractivity contribution in [1.82, 2.24) is 5.32 Å². The number of carbonyl (C=O) groups excluding carboxylic acids is 1. The third-order valence-corrected chi connectivity index (χ3v) is 3.41. The molecule has 1 aromatic rings. The van der Waals surface area contributed by atoms with E-state index in [-0.39, 0.29) is 24.2 Å². The maximum atomic E-state index is 12.0. The van der Waals surface area contributed by atoms with Gasteiger partial charge >= 0.3 is 0 Å². The van der Waals surface area contributed by atoms with E-state index in [0.717, 1.165) is 12.0 Å².